The number of fused-ring (bicyclic) bond motifs is 1. The summed E-state index contributed by atoms with van der Waals surface area (Å²) in [5.41, 5.74) is 1.29. The lowest BCUT2D eigenvalue weighted by atomic mass is 10.1. The summed E-state index contributed by atoms with van der Waals surface area (Å²) < 4.78 is 0. The maximum absolute atomic E-state index is 12.3. The van der Waals surface area contributed by atoms with Crippen molar-refractivity contribution in [2.75, 3.05) is 12.4 Å². The van der Waals surface area contributed by atoms with E-state index in [-0.39, 0.29) is 23.8 Å². The number of benzene rings is 2. The number of rotatable bonds is 4. The Balaban J connectivity index is 1.76. The largest absolute Gasteiger partial charge is 0.355 e. The summed E-state index contributed by atoms with van der Waals surface area (Å²) in [6.07, 6.45) is 0.0223. The summed E-state index contributed by atoms with van der Waals surface area (Å²) in [4.78, 5) is 35.5. The lowest BCUT2D eigenvalue weighted by molar-refractivity contribution is -0.115. The zero-order valence-corrected chi connectivity index (χ0v) is 13.5. The number of aromatic amines is 1. The third-order valence-electron chi connectivity index (χ3n) is 3.76. The van der Waals surface area contributed by atoms with Gasteiger partial charge in [0.25, 0.3) is 11.5 Å². The standard InChI is InChI=1S/C18H16N4O3/c1-19-17(24)11-6-8-12(9-7-11)20-16(23)10-15-13-4-2-3-5-14(13)18(25)22-21-15/h2-9H,10H2,1H3,(H,19,24)(H,20,23)(H,22,25). The van der Waals surface area contributed by atoms with E-state index in [1.165, 1.54) is 0 Å². The van der Waals surface area contributed by atoms with Crippen molar-refractivity contribution in [3.8, 4) is 0 Å². The van der Waals surface area contributed by atoms with Gasteiger partial charge in [0.05, 0.1) is 17.5 Å². The fourth-order valence-corrected chi connectivity index (χ4v) is 2.51. The number of hydrogen-bond donors (Lipinski definition) is 3. The molecule has 0 bridgehead atoms. The van der Waals surface area contributed by atoms with E-state index >= 15 is 0 Å². The molecule has 0 unspecified atom stereocenters. The molecule has 3 aromatic rings. The first-order chi connectivity index (χ1) is 12.1. The minimum Gasteiger partial charge on any atom is -0.355 e. The topological polar surface area (TPSA) is 104 Å². The molecule has 2 aromatic carbocycles. The number of nitrogens with zero attached hydrogens (tertiary/aromatic N) is 1. The van der Waals surface area contributed by atoms with Gasteiger partial charge in [-0.3, -0.25) is 14.4 Å². The number of carbonyl (C=O) groups is 2. The third-order valence-corrected chi connectivity index (χ3v) is 3.76. The summed E-state index contributed by atoms with van der Waals surface area (Å²) >= 11 is 0. The van der Waals surface area contributed by atoms with Gasteiger partial charge in [0.1, 0.15) is 0 Å². The first-order valence-electron chi connectivity index (χ1n) is 7.67. The molecule has 126 valence electrons. The number of aromatic nitrogens is 2. The highest BCUT2D eigenvalue weighted by atomic mass is 16.2. The quantitative estimate of drug-likeness (QED) is 0.671. The first kappa shape index (κ1) is 16.4. The fraction of sp³-hybridized carbons (Fsp3) is 0.111. The smallest absolute Gasteiger partial charge is 0.272 e. The van der Waals surface area contributed by atoms with Crippen LogP contribution in [0.15, 0.2) is 53.3 Å². The second-order valence-electron chi connectivity index (χ2n) is 5.43. The molecule has 2 amide bonds. The molecular weight excluding hydrogens is 320 g/mol. The van der Waals surface area contributed by atoms with E-state index in [1.807, 2.05) is 0 Å². The average Bonchev–Trinajstić information content (AvgIpc) is 2.64. The van der Waals surface area contributed by atoms with E-state index in [9.17, 15) is 14.4 Å². The normalized spacial score (nSPS) is 10.4. The molecule has 25 heavy (non-hydrogen) atoms. The second kappa shape index (κ2) is 6.96. The van der Waals surface area contributed by atoms with E-state index in [4.69, 9.17) is 0 Å². The Morgan fingerprint density at radius 1 is 1.04 bits per heavy atom. The zero-order chi connectivity index (χ0) is 17.8. The Morgan fingerprint density at radius 3 is 2.40 bits per heavy atom. The molecule has 0 spiro atoms. The van der Waals surface area contributed by atoms with Gasteiger partial charge in [0, 0.05) is 23.7 Å². The number of hydrogen-bond acceptors (Lipinski definition) is 4. The van der Waals surface area contributed by atoms with Crippen LogP contribution in [0.4, 0.5) is 5.69 Å². The summed E-state index contributed by atoms with van der Waals surface area (Å²) in [6, 6.07) is 13.6. The molecule has 0 atom stereocenters. The van der Waals surface area contributed by atoms with Crippen LogP contribution in [-0.4, -0.2) is 29.1 Å². The van der Waals surface area contributed by atoms with Crippen molar-refractivity contribution in [1.29, 1.82) is 0 Å². The highest BCUT2D eigenvalue weighted by molar-refractivity contribution is 5.97. The van der Waals surface area contributed by atoms with Crippen molar-refractivity contribution in [2.45, 2.75) is 6.42 Å². The Bertz CT molecular complexity index is 993. The van der Waals surface area contributed by atoms with Crippen LogP contribution in [0.3, 0.4) is 0 Å². The molecule has 1 heterocycles. The fourth-order valence-electron chi connectivity index (χ4n) is 2.51. The molecule has 7 nitrogen and oxygen atoms in total. The van der Waals surface area contributed by atoms with E-state index in [2.05, 4.69) is 20.8 Å². The summed E-state index contributed by atoms with van der Waals surface area (Å²) in [6.45, 7) is 0. The van der Waals surface area contributed by atoms with Gasteiger partial charge in [0.15, 0.2) is 0 Å². The van der Waals surface area contributed by atoms with Crippen molar-refractivity contribution in [3.05, 3.63) is 70.1 Å². The molecule has 0 aliphatic carbocycles. The van der Waals surface area contributed by atoms with Gasteiger partial charge in [-0.1, -0.05) is 18.2 Å². The molecule has 3 rings (SSSR count). The number of amides is 2. The minimum atomic E-state index is -0.287. The summed E-state index contributed by atoms with van der Waals surface area (Å²) in [5, 5.41) is 12.8. The second-order valence-corrected chi connectivity index (χ2v) is 5.43. The van der Waals surface area contributed by atoms with E-state index < -0.39 is 0 Å². The highest BCUT2D eigenvalue weighted by Crippen LogP contribution is 2.14. The molecule has 3 N–H and O–H groups in total. The van der Waals surface area contributed by atoms with Gasteiger partial charge in [-0.2, -0.15) is 5.10 Å². The first-order valence-corrected chi connectivity index (χ1v) is 7.67. The van der Waals surface area contributed by atoms with Crippen LogP contribution in [0.2, 0.25) is 0 Å². The number of nitrogens with one attached hydrogen (secondary N) is 3. The minimum absolute atomic E-state index is 0.0223. The Kier molecular flexibility index (Phi) is 4.56. The van der Waals surface area contributed by atoms with Crippen molar-refractivity contribution < 1.29 is 9.59 Å². The SMILES string of the molecule is CNC(=O)c1ccc(NC(=O)Cc2n[nH]c(=O)c3ccccc23)cc1. The lowest BCUT2D eigenvalue weighted by Crippen LogP contribution is -2.19. The molecule has 0 saturated carbocycles. The maximum Gasteiger partial charge on any atom is 0.272 e. The highest BCUT2D eigenvalue weighted by Gasteiger charge is 2.11. The van der Waals surface area contributed by atoms with Crippen molar-refractivity contribution >= 4 is 28.3 Å². The maximum atomic E-state index is 12.3. The molecule has 7 heteroatoms. The Hall–Kier alpha value is -3.48. The van der Waals surface area contributed by atoms with Gasteiger partial charge >= 0.3 is 0 Å². The molecule has 0 aliphatic heterocycles. The van der Waals surface area contributed by atoms with Gasteiger partial charge in [-0.05, 0) is 30.3 Å². The molecule has 0 aliphatic rings. The lowest BCUT2D eigenvalue weighted by Gasteiger charge is -2.07. The van der Waals surface area contributed by atoms with Crippen LogP contribution in [0.1, 0.15) is 16.1 Å². The van der Waals surface area contributed by atoms with Crippen molar-refractivity contribution in [2.24, 2.45) is 0 Å². The number of H-pyrrole nitrogens is 1. The van der Waals surface area contributed by atoms with Crippen LogP contribution in [-0.2, 0) is 11.2 Å². The van der Waals surface area contributed by atoms with E-state index in [0.29, 0.717) is 27.7 Å². The predicted molar refractivity (Wildman–Crippen MR) is 94.5 cm³/mol. The van der Waals surface area contributed by atoms with Crippen LogP contribution in [0.25, 0.3) is 10.8 Å². The molecule has 0 fully saturated rings. The number of carbonyl (C=O) groups excluding carboxylic acids is 2. The summed E-state index contributed by atoms with van der Waals surface area (Å²) in [7, 11) is 1.56. The van der Waals surface area contributed by atoms with Gasteiger partial charge < -0.3 is 10.6 Å². The number of anilines is 1. The van der Waals surface area contributed by atoms with E-state index in [0.717, 1.165) is 0 Å². The van der Waals surface area contributed by atoms with Gasteiger partial charge in [-0.15, -0.1) is 0 Å². The van der Waals surface area contributed by atoms with Gasteiger partial charge in [-0.25, -0.2) is 5.10 Å². The molecular formula is C18H16N4O3. The van der Waals surface area contributed by atoms with Crippen LogP contribution >= 0.6 is 0 Å². The zero-order valence-electron chi connectivity index (χ0n) is 13.5. The molecule has 1 aromatic heterocycles. The van der Waals surface area contributed by atoms with Crippen LogP contribution < -0.4 is 16.2 Å². The Morgan fingerprint density at radius 2 is 1.72 bits per heavy atom. The van der Waals surface area contributed by atoms with Crippen molar-refractivity contribution in [1.82, 2.24) is 15.5 Å². The van der Waals surface area contributed by atoms with Crippen molar-refractivity contribution in [3.63, 3.8) is 0 Å². The van der Waals surface area contributed by atoms with Crippen LogP contribution in [0, 0.1) is 0 Å². The monoisotopic (exact) mass is 336 g/mol. The van der Waals surface area contributed by atoms with Gasteiger partial charge in [0.2, 0.25) is 5.91 Å². The summed E-state index contributed by atoms with van der Waals surface area (Å²) in [5.74, 6) is -0.459. The Labute approximate surface area is 143 Å². The third kappa shape index (κ3) is 3.55. The molecule has 0 saturated heterocycles. The van der Waals surface area contributed by atoms with Crippen LogP contribution in [0.5, 0.6) is 0 Å². The molecule has 0 radical (unpaired) electrons. The average molecular weight is 336 g/mol. The van der Waals surface area contributed by atoms with E-state index in [1.54, 1.807) is 55.6 Å². The predicted octanol–water partition coefficient (Wildman–Crippen LogP) is 1.46.